The number of nitrogens with two attached hydrogens (primary N) is 1. The molecule has 3 rings (SSSR count). The second-order valence-corrected chi connectivity index (χ2v) is 6.78. The number of imidazole rings is 1. The normalized spacial score (nSPS) is 10.6. The molecule has 0 spiro atoms. The van der Waals surface area contributed by atoms with Crippen LogP contribution in [0.5, 0.6) is 0 Å². The van der Waals surface area contributed by atoms with Gasteiger partial charge in [0.15, 0.2) is 5.16 Å². The number of amides is 1. The fourth-order valence-electron chi connectivity index (χ4n) is 2.42. The minimum atomic E-state index is -0.0806. The zero-order valence-electron chi connectivity index (χ0n) is 14.2. The fourth-order valence-corrected chi connectivity index (χ4v) is 3.12. The van der Waals surface area contributed by atoms with E-state index in [1.54, 1.807) is 6.20 Å². The number of nitrogen functional groups attached to an aromatic ring is 1. The maximum absolute atomic E-state index is 12.2. The topological polar surface area (TPSA) is 72.9 Å². The zero-order chi connectivity index (χ0) is 17.8. The van der Waals surface area contributed by atoms with E-state index >= 15 is 0 Å². The molecule has 0 aliphatic heterocycles. The van der Waals surface area contributed by atoms with E-state index in [4.69, 9.17) is 5.84 Å². The van der Waals surface area contributed by atoms with Crippen molar-refractivity contribution in [2.24, 2.45) is 0 Å². The van der Waals surface area contributed by atoms with Crippen molar-refractivity contribution >= 4 is 23.4 Å². The number of thioether (sulfide) groups is 1. The van der Waals surface area contributed by atoms with Crippen LogP contribution in [0.15, 0.2) is 59.9 Å². The first kappa shape index (κ1) is 17.1. The molecule has 5 nitrogen and oxygen atoms in total. The number of nitrogens with one attached hydrogen (secondary N) is 1. The average Bonchev–Trinajstić information content (AvgIpc) is 2.98. The van der Waals surface area contributed by atoms with Gasteiger partial charge < -0.3 is 11.2 Å². The molecule has 0 atom stereocenters. The van der Waals surface area contributed by atoms with E-state index in [0.717, 1.165) is 28.1 Å². The third-order valence-electron chi connectivity index (χ3n) is 3.77. The number of benzene rings is 2. The summed E-state index contributed by atoms with van der Waals surface area (Å²) < 4.78 is 1.46. The number of carbonyl (C=O) groups is 1. The number of aromatic nitrogens is 2. The number of nitrogens with zero attached hydrogens (tertiary/aromatic N) is 2. The van der Waals surface area contributed by atoms with Gasteiger partial charge in [0.2, 0.25) is 5.91 Å². The smallest absolute Gasteiger partial charge is 0.234 e. The van der Waals surface area contributed by atoms with Crippen LogP contribution in [-0.2, 0) is 4.79 Å². The lowest BCUT2D eigenvalue weighted by Crippen LogP contribution is -2.16. The summed E-state index contributed by atoms with van der Waals surface area (Å²) in [5.74, 6) is 6.13. The number of hydrogen-bond donors (Lipinski definition) is 2. The largest absolute Gasteiger partial charge is 0.337 e. The highest BCUT2D eigenvalue weighted by Crippen LogP contribution is 2.23. The minimum Gasteiger partial charge on any atom is -0.337 e. The highest BCUT2D eigenvalue weighted by Gasteiger charge is 2.11. The molecule has 1 aromatic heterocycles. The molecule has 128 valence electrons. The first-order valence-corrected chi connectivity index (χ1v) is 8.91. The van der Waals surface area contributed by atoms with Crippen molar-refractivity contribution in [2.45, 2.75) is 19.0 Å². The monoisotopic (exact) mass is 352 g/mol. The van der Waals surface area contributed by atoms with Crippen molar-refractivity contribution in [3.8, 4) is 11.3 Å². The van der Waals surface area contributed by atoms with Gasteiger partial charge in [-0.3, -0.25) is 4.79 Å². The molecule has 0 radical (unpaired) electrons. The Morgan fingerprint density at radius 3 is 2.72 bits per heavy atom. The number of rotatable bonds is 5. The van der Waals surface area contributed by atoms with Gasteiger partial charge in [-0.25, -0.2) is 9.66 Å². The van der Waals surface area contributed by atoms with Crippen LogP contribution in [0.4, 0.5) is 5.69 Å². The standard InChI is InChI=1S/C19H20N4OS/c1-13-8-9-14(2)16(10-13)21-18(24)12-25-19-22-17(11-23(19)20)15-6-4-3-5-7-15/h3-11H,12,20H2,1-2H3,(H,21,24). The van der Waals surface area contributed by atoms with E-state index in [9.17, 15) is 4.79 Å². The molecule has 1 heterocycles. The summed E-state index contributed by atoms with van der Waals surface area (Å²) in [7, 11) is 0. The van der Waals surface area contributed by atoms with Crippen LogP contribution in [0.2, 0.25) is 0 Å². The Morgan fingerprint density at radius 1 is 1.20 bits per heavy atom. The molecular formula is C19H20N4OS. The number of hydrogen-bond acceptors (Lipinski definition) is 4. The first-order chi connectivity index (χ1) is 12.0. The van der Waals surface area contributed by atoms with Crippen LogP contribution in [0.3, 0.4) is 0 Å². The second kappa shape index (κ2) is 7.44. The molecule has 2 aromatic carbocycles. The van der Waals surface area contributed by atoms with Crippen molar-refractivity contribution in [1.29, 1.82) is 0 Å². The van der Waals surface area contributed by atoms with Crippen LogP contribution < -0.4 is 11.2 Å². The predicted octanol–water partition coefficient (Wildman–Crippen LogP) is 3.61. The molecule has 0 aliphatic carbocycles. The summed E-state index contributed by atoms with van der Waals surface area (Å²) in [6, 6.07) is 15.8. The number of anilines is 1. The number of carbonyl (C=O) groups excluding carboxylic acids is 1. The van der Waals surface area contributed by atoms with Crippen molar-refractivity contribution in [3.05, 3.63) is 65.9 Å². The molecule has 6 heteroatoms. The molecule has 3 aromatic rings. The van der Waals surface area contributed by atoms with E-state index < -0.39 is 0 Å². The lowest BCUT2D eigenvalue weighted by atomic mass is 10.1. The van der Waals surface area contributed by atoms with Crippen LogP contribution in [0, 0.1) is 13.8 Å². The van der Waals surface area contributed by atoms with Crippen LogP contribution in [-0.4, -0.2) is 21.3 Å². The highest BCUT2D eigenvalue weighted by atomic mass is 32.2. The van der Waals surface area contributed by atoms with Gasteiger partial charge in [0.05, 0.1) is 17.6 Å². The van der Waals surface area contributed by atoms with Crippen LogP contribution in [0.25, 0.3) is 11.3 Å². The molecule has 25 heavy (non-hydrogen) atoms. The lowest BCUT2D eigenvalue weighted by molar-refractivity contribution is -0.113. The van der Waals surface area contributed by atoms with Gasteiger partial charge in [0.25, 0.3) is 0 Å². The van der Waals surface area contributed by atoms with Gasteiger partial charge >= 0.3 is 0 Å². The highest BCUT2D eigenvalue weighted by molar-refractivity contribution is 7.99. The summed E-state index contributed by atoms with van der Waals surface area (Å²) in [6.07, 6.45) is 1.76. The Labute approximate surface area is 151 Å². The van der Waals surface area contributed by atoms with Gasteiger partial charge in [-0.1, -0.05) is 54.2 Å². The molecule has 1 amide bonds. The van der Waals surface area contributed by atoms with Gasteiger partial charge in [0.1, 0.15) is 0 Å². The third kappa shape index (κ3) is 4.22. The summed E-state index contributed by atoms with van der Waals surface area (Å²) >= 11 is 1.31. The SMILES string of the molecule is Cc1ccc(C)c(NC(=O)CSc2nc(-c3ccccc3)cn2N)c1. The zero-order valence-corrected chi connectivity index (χ0v) is 15.0. The Balaban J connectivity index is 1.64. The molecule has 0 unspecified atom stereocenters. The van der Waals surface area contributed by atoms with E-state index in [-0.39, 0.29) is 11.7 Å². The van der Waals surface area contributed by atoms with Crippen molar-refractivity contribution < 1.29 is 4.79 Å². The maximum Gasteiger partial charge on any atom is 0.234 e. The Bertz CT molecular complexity index is 890. The van der Waals surface area contributed by atoms with Gasteiger partial charge in [-0.05, 0) is 31.0 Å². The average molecular weight is 352 g/mol. The predicted molar refractivity (Wildman–Crippen MR) is 103 cm³/mol. The summed E-state index contributed by atoms with van der Waals surface area (Å²) in [4.78, 5) is 16.7. The second-order valence-electron chi connectivity index (χ2n) is 5.84. The van der Waals surface area contributed by atoms with Crippen molar-refractivity contribution in [3.63, 3.8) is 0 Å². The Kier molecular flexibility index (Phi) is 5.09. The molecule has 0 bridgehead atoms. The Morgan fingerprint density at radius 2 is 1.96 bits per heavy atom. The van der Waals surface area contributed by atoms with E-state index in [1.807, 2.05) is 62.4 Å². The van der Waals surface area contributed by atoms with Gasteiger partial charge in [-0.2, -0.15) is 0 Å². The summed E-state index contributed by atoms with van der Waals surface area (Å²) in [6.45, 7) is 3.97. The molecule has 0 aliphatic rings. The molecule has 0 saturated heterocycles. The molecule has 3 N–H and O–H groups in total. The summed E-state index contributed by atoms with van der Waals surface area (Å²) in [5, 5.41) is 3.55. The van der Waals surface area contributed by atoms with Crippen LogP contribution in [0.1, 0.15) is 11.1 Å². The third-order valence-corrected chi connectivity index (χ3v) is 4.73. The van der Waals surface area contributed by atoms with Crippen molar-refractivity contribution in [2.75, 3.05) is 16.9 Å². The molecular weight excluding hydrogens is 332 g/mol. The van der Waals surface area contributed by atoms with E-state index in [0.29, 0.717) is 5.16 Å². The van der Waals surface area contributed by atoms with Gasteiger partial charge in [0, 0.05) is 11.3 Å². The Hall–Kier alpha value is -2.73. The quantitative estimate of drug-likeness (QED) is 0.543. The van der Waals surface area contributed by atoms with Crippen LogP contribution >= 0.6 is 11.8 Å². The lowest BCUT2D eigenvalue weighted by Gasteiger charge is -2.09. The van der Waals surface area contributed by atoms with E-state index in [1.165, 1.54) is 16.4 Å². The minimum absolute atomic E-state index is 0.0806. The fraction of sp³-hybridized carbons (Fsp3) is 0.158. The van der Waals surface area contributed by atoms with Crippen molar-refractivity contribution in [1.82, 2.24) is 9.66 Å². The molecule has 0 fully saturated rings. The first-order valence-electron chi connectivity index (χ1n) is 7.93. The maximum atomic E-state index is 12.2. The number of aryl methyl sites for hydroxylation is 2. The van der Waals surface area contributed by atoms with E-state index in [2.05, 4.69) is 10.3 Å². The van der Waals surface area contributed by atoms with Gasteiger partial charge in [-0.15, -0.1) is 0 Å². The molecule has 0 saturated carbocycles. The summed E-state index contributed by atoms with van der Waals surface area (Å²) in [5.41, 5.74) is 4.77.